The number of hydrogen-bond donors (Lipinski definition) is 2. The van der Waals surface area contributed by atoms with E-state index in [2.05, 4.69) is 30.6 Å². The Kier molecular flexibility index (Phi) is 4.38. The lowest BCUT2D eigenvalue weighted by Gasteiger charge is -2.08. The summed E-state index contributed by atoms with van der Waals surface area (Å²) in [7, 11) is -2.04. The molecule has 1 aromatic heterocycles. The minimum absolute atomic E-state index is 0.200. The van der Waals surface area contributed by atoms with Crippen LogP contribution in [0.1, 0.15) is 5.82 Å². The Balaban J connectivity index is 1.89. The molecule has 0 saturated heterocycles. The number of halogens is 1. The molecule has 0 atom stereocenters. The lowest BCUT2D eigenvalue weighted by molar-refractivity contribution is 0.179. The third-order valence-corrected chi connectivity index (χ3v) is 5.11. The maximum absolute atomic E-state index is 12.4. The van der Waals surface area contributed by atoms with E-state index < -0.39 is 10.0 Å². The first kappa shape index (κ1) is 16.0. The normalized spacial score (nSPS) is 11.7. The number of imidazole rings is 1. The van der Waals surface area contributed by atoms with Gasteiger partial charge in [0.2, 0.25) is 0 Å². The van der Waals surface area contributed by atoms with Crippen LogP contribution in [0.5, 0.6) is 0 Å². The SMILES string of the molecule is COCc1nc2ccc(NS(=O)(=O)c3ccc(Br)cc3)cc2[nH]1. The van der Waals surface area contributed by atoms with Crippen molar-refractivity contribution in [3.8, 4) is 0 Å². The van der Waals surface area contributed by atoms with Crippen molar-refractivity contribution in [3.05, 3.63) is 52.8 Å². The van der Waals surface area contributed by atoms with Gasteiger partial charge in [0.25, 0.3) is 10.0 Å². The van der Waals surface area contributed by atoms with Crippen molar-refractivity contribution in [2.24, 2.45) is 0 Å². The summed E-state index contributed by atoms with van der Waals surface area (Å²) in [6, 6.07) is 11.6. The summed E-state index contributed by atoms with van der Waals surface area (Å²) < 4.78 is 33.2. The highest BCUT2D eigenvalue weighted by molar-refractivity contribution is 9.10. The van der Waals surface area contributed by atoms with Crippen LogP contribution in [0.15, 0.2) is 51.8 Å². The van der Waals surface area contributed by atoms with Crippen LogP contribution in [0.25, 0.3) is 11.0 Å². The standard InChI is InChI=1S/C15H14BrN3O3S/c1-22-9-15-17-13-7-4-11(8-14(13)18-15)19-23(20,21)12-5-2-10(16)3-6-12/h2-8,19H,9H2,1H3,(H,17,18). The fraction of sp³-hybridized carbons (Fsp3) is 0.133. The van der Waals surface area contributed by atoms with Gasteiger partial charge in [-0.2, -0.15) is 0 Å². The molecule has 23 heavy (non-hydrogen) atoms. The Morgan fingerprint density at radius 3 is 2.65 bits per heavy atom. The highest BCUT2D eigenvalue weighted by Gasteiger charge is 2.14. The van der Waals surface area contributed by atoms with Crippen LogP contribution in [0.4, 0.5) is 5.69 Å². The van der Waals surface area contributed by atoms with Crippen LogP contribution < -0.4 is 4.72 Å². The fourth-order valence-corrected chi connectivity index (χ4v) is 3.47. The molecule has 2 aromatic carbocycles. The average molecular weight is 396 g/mol. The number of ether oxygens (including phenoxy) is 1. The quantitative estimate of drug-likeness (QED) is 0.694. The van der Waals surface area contributed by atoms with Crippen molar-refractivity contribution >= 4 is 42.7 Å². The lowest BCUT2D eigenvalue weighted by atomic mass is 10.3. The lowest BCUT2D eigenvalue weighted by Crippen LogP contribution is -2.12. The third kappa shape index (κ3) is 3.54. The molecule has 0 aliphatic heterocycles. The molecule has 1 heterocycles. The smallest absolute Gasteiger partial charge is 0.261 e. The topological polar surface area (TPSA) is 84.1 Å². The number of benzene rings is 2. The van der Waals surface area contributed by atoms with Gasteiger partial charge in [-0.15, -0.1) is 0 Å². The van der Waals surface area contributed by atoms with Crippen LogP contribution in [0.2, 0.25) is 0 Å². The summed E-state index contributed by atoms with van der Waals surface area (Å²) in [6.07, 6.45) is 0. The van der Waals surface area contributed by atoms with E-state index in [0.29, 0.717) is 18.1 Å². The van der Waals surface area contributed by atoms with Crippen LogP contribution in [0.3, 0.4) is 0 Å². The Morgan fingerprint density at radius 1 is 1.22 bits per heavy atom. The van der Waals surface area contributed by atoms with E-state index in [1.54, 1.807) is 37.4 Å². The van der Waals surface area contributed by atoms with Crippen LogP contribution in [-0.2, 0) is 21.4 Å². The number of hydrogen-bond acceptors (Lipinski definition) is 4. The van der Waals surface area contributed by atoms with Crippen molar-refractivity contribution in [1.29, 1.82) is 0 Å². The fourth-order valence-electron chi connectivity index (χ4n) is 2.16. The number of nitrogens with zero attached hydrogens (tertiary/aromatic N) is 1. The zero-order valence-electron chi connectivity index (χ0n) is 12.2. The molecule has 3 aromatic rings. The van der Waals surface area contributed by atoms with Crippen LogP contribution >= 0.6 is 15.9 Å². The van der Waals surface area contributed by atoms with Gasteiger partial charge < -0.3 is 9.72 Å². The summed E-state index contributed by atoms with van der Waals surface area (Å²) in [5.41, 5.74) is 1.96. The molecule has 0 aliphatic rings. The molecule has 3 rings (SSSR count). The number of rotatable bonds is 5. The molecular weight excluding hydrogens is 382 g/mol. The minimum Gasteiger partial charge on any atom is -0.377 e. The summed E-state index contributed by atoms with van der Waals surface area (Å²) >= 11 is 3.28. The van der Waals surface area contributed by atoms with Gasteiger partial charge in [0.05, 0.1) is 21.6 Å². The first-order valence-corrected chi connectivity index (χ1v) is 9.01. The summed E-state index contributed by atoms with van der Waals surface area (Å²) in [4.78, 5) is 7.64. The molecule has 0 fully saturated rings. The Hall–Kier alpha value is -1.90. The number of aromatic nitrogens is 2. The molecule has 0 unspecified atom stereocenters. The van der Waals surface area contributed by atoms with E-state index in [0.717, 1.165) is 15.5 Å². The molecule has 120 valence electrons. The van der Waals surface area contributed by atoms with E-state index in [-0.39, 0.29) is 4.90 Å². The van der Waals surface area contributed by atoms with E-state index >= 15 is 0 Å². The molecule has 0 radical (unpaired) electrons. The zero-order valence-corrected chi connectivity index (χ0v) is 14.6. The van der Waals surface area contributed by atoms with E-state index in [1.165, 1.54) is 12.1 Å². The molecule has 0 bridgehead atoms. The summed E-state index contributed by atoms with van der Waals surface area (Å²) in [6.45, 7) is 0.370. The summed E-state index contributed by atoms with van der Waals surface area (Å²) in [5.74, 6) is 0.690. The first-order chi connectivity index (χ1) is 11.0. The molecule has 0 amide bonds. The average Bonchev–Trinajstić information content (AvgIpc) is 2.89. The Bertz CT molecular complexity index is 936. The van der Waals surface area contributed by atoms with Gasteiger partial charge in [-0.25, -0.2) is 13.4 Å². The van der Waals surface area contributed by atoms with Gasteiger partial charge in [0, 0.05) is 11.6 Å². The number of anilines is 1. The highest BCUT2D eigenvalue weighted by Crippen LogP contribution is 2.22. The van der Waals surface area contributed by atoms with Gasteiger partial charge in [0.1, 0.15) is 12.4 Å². The molecule has 8 heteroatoms. The van der Waals surface area contributed by atoms with Gasteiger partial charge in [-0.3, -0.25) is 4.72 Å². The molecule has 0 aliphatic carbocycles. The largest absolute Gasteiger partial charge is 0.377 e. The first-order valence-electron chi connectivity index (χ1n) is 6.74. The number of sulfonamides is 1. The predicted octanol–water partition coefficient (Wildman–Crippen LogP) is 3.27. The van der Waals surface area contributed by atoms with E-state index in [9.17, 15) is 8.42 Å². The Morgan fingerprint density at radius 2 is 1.96 bits per heavy atom. The van der Waals surface area contributed by atoms with Gasteiger partial charge in [0.15, 0.2) is 0 Å². The van der Waals surface area contributed by atoms with Crippen molar-refractivity contribution in [1.82, 2.24) is 9.97 Å². The summed E-state index contributed by atoms with van der Waals surface area (Å²) in [5, 5.41) is 0. The molecule has 0 saturated carbocycles. The number of methoxy groups -OCH3 is 1. The minimum atomic E-state index is -3.63. The molecule has 2 N–H and O–H groups in total. The number of nitrogens with one attached hydrogen (secondary N) is 2. The Labute approximate surface area is 142 Å². The second-order valence-corrected chi connectivity index (χ2v) is 7.51. The number of fused-ring (bicyclic) bond motifs is 1. The van der Waals surface area contributed by atoms with Crippen LogP contribution in [-0.4, -0.2) is 25.5 Å². The van der Waals surface area contributed by atoms with E-state index in [4.69, 9.17) is 4.74 Å². The van der Waals surface area contributed by atoms with Crippen molar-refractivity contribution in [3.63, 3.8) is 0 Å². The maximum atomic E-state index is 12.4. The maximum Gasteiger partial charge on any atom is 0.261 e. The van der Waals surface area contributed by atoms with E-state index in [1.807, 2.05) is 0 Å². The molecular formula is C15H14BrN3O3S. The highest BCUT2D eigenvalue weighted by atomic mass is 79.9. The monoisotopic (exact) mass is 395 g/mol. The van der Waals surface area contributed by atoms with Gasteiger partial charge >= 0.3 is 0 Å². The van der Waals surface area contributed by atoms with Crippen molar-refractivity contribution < 1.29 is 13.2 Å². The van der Waals surface area contributed by atoms with Crippen LogP contribution in [0, 0.1) is 0 Å². The van der Waals surface area contributed by atoms with Gasteiger partial charge in [-0.1, -0.05) is 15.9 Å². The molecule has 6 nitrogen and oxygen atoms in total. The number of H-pyrrole nitrogens is 1. The van der Waals surface area contributed by atoms with Crippen molar-refractivity contribution in [2.45, 2.75) is 11.5 Å². The second kappa shape index (κ2) is 6.31. The zero-order chi connectivity index (χ0) is 16.4. The molecule has 0 spiro atoms. The predicted molar refractivity (Wildman–Crippen MR) is 91.8 cm³/mol. The number of aromatic amines is 1. The van der Waals surface area contributed by atoms with Crippen molar-refractivity contribution in [2.75, 3.05) is 11.8 Å². The second-order valence-electron chi connectivity index (χ2n) is 4.91. The van der Waals surface area contributed by atoms with Gasteiger partial charge in [-0.05, 0) is 42.5 Å². The third-order valence-electron chi connectivity index (χ3n) is 3.19.